The Balaban J connectivity index is 1.46. The van der Waals surface area contributed by atoms with Crippen LogP contribution in [0.2, 0.25) is 0 Å². The van der Waals surface area contributed by atoms with Crippen molar-refractivity contribution in [2.45, 2.75) is 70.8 Å². The van der Waals surface area contributed by atoms with Gasteiger partial charge in [0.05, 0.1) is 20.6 Å². The first-order valence-electron chi connectivity index (χ1n) is 14.2. The number of methoxy groups -OCH3 is 2. The molecule has 0 aliphatic heterocycles. The third kappa shape index (κ3) is 6.01. The molecule has 0 aromatic heterocycles. The molecular formula is C34H38F2O4. The Kier molecular flexibility index (Phi) is 8.16. The molecule has 2 saturated carbocycles. The lowest BCUT2D eigenvalue weighted by atomic mass is 9.75. The minimum atomic E-state index is -0.436. The average Bonchev–Trinajstić information content (AvgIpc) is 3.73. The first kappa shape index (κ1) is 28.1. The number of carbonyl (C=O) groups is 1. The largest absolute Gasteiger partial charge is 0.497 e. The summed E-state index contributed by atoms with van der Waals surface area (Å²) in [5.74, 6) is 0.795. The number of benzene rings is 3. The second kappa shape index (κ2) is 11.6. The lowest BCUT2D eigenvalue weighted by Gasteiger charge is -2.30. The van der Waals surface area contributed by atoms with Crippen LogP contribution in [0.25, 0.3) is 11.1 Å². The molecule has 0 amide bonds. The molecule has 0 saturated heterocycles. The number of ether oxygens (including phenoxy) is 3. The number of hydrogen-bond acceptors (Lipinski definition) is 4. The Morgan fingerprint density at radius 2 is 1.75 bits per heavy atom. The van der Waals surface area contributed by atoms with Gasteiger partial charge in [0.25, 0.3) is 0 Å². The van der Waals surface area contributed by atoms with E-state index in [-0.39, 0.29) is 29.8 Å². The molecule has 0 bridgehead atoms. The summed E-state index contributed by atoms with van der Waals surface area (Å²) in [4.78, 5) is 12.0. The quantitative estimate of drug-likeness (QED) is 0.238. The van der Waals surface area contributed by atoms with E-state index in [4.69, 9.17) is 14.2 Å². The van der Waals surface area contributed by atoms with Crippen LogP contribution in [0.5, 0.6) is 11.5 Å². The maximum Gasteiger partial charge on any atom is 0.306 e. The van der Waals surface area contributed by atoms with Crippen LogP contribution in [-0.2, 0) is 16.1 Å². The van der Waals surface area contributed by atoms with Crippen molar-refractivity contribution in [1.82, 2.24) is 0 Å². The summed E-state index contributed by atoms with van der Waals surface area (Å²) in [5, 5.41) is 0. The predicted octanol–water partition coefficient (Wildman–Crippen LogP) is 8.57. The fourth-order valence-electron chi connectivity index (χ4n) is 6.32. The molecule has 2 fully saturated rings. The topological polar surface area (TPSA) is 44.8 Å². The molecule has 2 atom stereocenters. The average molecular weight is 549 g/mol. The zero-order valence-corrected chi connectivity index (χ0v) is 23.8. The second-order valence-corrected chi connectivity index (χ2v) is 11.9. The lowest BCUT2D eigenvalue weighted by molar-refractivity contribution is -0.141. The Morgan fingerprint density at radius 3 is 2.42 bits per heavy atom. The van der Waals surface area contributed by atoms with Gasteiger partial charge in [-0.3, -0.25) is 4.79 Å². The van der Waals surface area contributed by atoms with Crippen molar-refractivity contribution in [3.8, 4) is 22.6 Å². The normalized spacial score (nSPS) is 18.8. The van der Waals surface area contributed by atoms with Crippen molar-refractivity contribution in [1.29, 1.82) is 0 Å². The summed E-state index contributed by atoms with van der Waals surface area (Å²) >= 11 is 0. The van der Waals surface area contributed by atoms with Gasteiger partial charge in [-0.1, -0.05) is 32.4 Å². The second-order valence-electron chi connectivity index (χ2n) is 11.9. The summed E-state index contributed by atoms with van der Waals surface area (Å²) < 4.78 is 47.1. The fraction of sp³-hybridized carbons (Fsp3) is 0.441. The minimum absolute atomic E-state index is 0.00580. The van der Waals surface area contributed by atoms with Crippen LogP contribution < -0.4 is 9.47 Å². The number of esters is 1. The molecule has 0 unspecified atom stereocenters. The highest BCUT2D eigenvalue weighted by Crippen LogP contribution is 2.52. The van der Waals surface area contributed by atoms with Gasteiger partial charge in [0.2, 0.25) is 0 Å². The zero-order chi connectivity index (χ0) is 28.4. The van der Waals surface area contributed by atoms with Gasteiger partial charge < -0.3 is 14.2 Å². The van der Waals surface area contributed by atoms with Crippen molar-refractivity contribution < 1.29 is 27.8 Å². The molecular weight excluding hydrogens is 510 g/mol. The molecule has 0 N–H and O–H groups in total. The molecule has 40 heavy (non-hydrogen) atoms. The first-order chi connectivity index (χ1) is 19.2. The Bertz CT molecular complexity index is 1380. The fourth-order valence-corrected chi connectivity index (χ4v) is 6.32. The summed E-state index contributed by atoms with van der Waals surface area (Å²) in [5.41, 5.74) is 3.32. The summed E-state index contributed by atoms with van der Waals surface area (Å²) in [7, 11) is 2.95. The van der Waals surface area contributed by atoms with Crippen molar-refractivity contribution >= 4 is 5.97 Å². The third-order valence-electron chi connectivity index (χ3n) is 8.80. The Labute approximate surface area is 235 Å². The third-order valence-corrected chi connectivity index (χ3v) is 8.80. The Hall–Kier alpha value is -3.41. The lowest BCUT2D eigenvalue weighted by Crippen LogP contribution is -2.17. The van der Waals surface area contributed by atoms with Crippen LogP contribution >= 0.6 is 0 Å². The van der Waals surface area contributed by atoms with Crippen LogP contribution in [0.3, 0.4) is 0 Å². The smallest absolute Gasteiger partial charge is 0.306 e. The van der Waals surface area contributed by atoms with Crippen molar-refractivity contribution in [2.75, 3.05) is 14.2 Å². The molecule has 3 aromatic carbocycles. The monoisotopic (exact) mass is 548 g/mol. The van der Waals surface area contributed by atoms with Crippen LogP contribution in [0.4, 0.5) is 8.78 Å². The van der Waals surface area contributed by atoms with Gasteiger partial charge in [-0.25, -0.2) is 8.78 Å². The predicted molar refractivity (Wildman–Crippen MR) is 152 cm³/mol. The van der Waals surface area contributed by atoms with Crippen molar-refractivity contribution in [2.24, 2.45) is 11.3 Å². The minimum Gasteiger partial charge on any atom is -0.497 e. The van der Waals surface area contributed by atoms with Gasteiger partial charge in [-0.2, -0.15) is 0 Å². The van der Waals surface area contributed by atoms with E-state index in [1.54, 1.807) is 12.1 Å². The van der Waals surface area contributed by atoms with E-state index in [0.29, 0.717) is 40.5 Å². The van der Waals surface area contributed by atoms with E-state index in [1.807, 2.05) is 30.3 Å². The summed E-state index contributed by atoms with van der Waals surface area (Å²) in [6.07, 6.45) is 5.62. The molecule has 6 heteroatoms. The number of carbonyl (C=O) groups excluding carboxylic acids is 1. The first-order valence-corrected chi connectivity index (χ1v) is 14.2. The maximum atomic E-state index is 15.6. The van der Waals surface area contributed by atoms with E-state index < -0.39 is 11.6 Å². The molecule has 0 radical (unpaired) electrons. The maximum absolute atomic E-state index is 15.6. The van der Waals surface area contributed by atoms with Gasteiger partial charge in [0.1, 0.15) is 29.7 Å². The highest BCUT2D eigenvalue weighted by atomic mass is 19.1. The zero-order valence-electron chi connectivity index (χ0n) is 23.8. The van der Waals surface area contributed by atoms with E-state index >= 15 is 8.78 Å². The van der Waals surface area contributed by atoms with E-state index in [1.165, 1.54) is 26.4 Å². The van der Waals surface area contributed by atoms with Crippen molar-refractivity contribution in [3.63, 3.8) is 0 Å². The van der Waals surface area contributed by atoms with Crippen LogP contribution in [0.1, 0.15) is 80.9 Å². The molecule has 0 heterocycles. The standard InChI is InChI=1S/C34H38F2O4/c1-34(2)14-6-9-30(34)28-16-23(32(36)18-27(28)29-17-24(38-3)12-13-31(29)35)20-40-25-8-5-7-22(15-25)26(21-10-11-21)19-33(37)39-4/h5,7-8,12-13,15-18,21,26,30H,6,9-11,14,19-20H2,1-4H3/t26-,30+/m0/s1. The van der Waals surface area contributed by atoms with Gasteiger partial charge in [0.15, 0.2) is 0 Å². The van der Waals surface area contributed by atoms with Gasteiger partial charge in [0, 0.05) is 11.1 Å². The van der Waals surface area contributed by atoms with Crippen LogP contribution in [0, 0.1) is 23.0 Å². The van der Waals surface area contributed by atoms with Gasteiger partial charge >= 0.3 is 5.97 Å². The molecule has 5 rings (SSSR count). The Morgan fingerprint density at radius 1 is 0.950 bits per heavy atom. The van der Waals surface area contributed by atoms with E-state index in [0.717, 1.165) is 43.2 Å². The molecule has 2 aliphatic rings. The van der Waals surface area contributed by atoms with Gasteiger partial charge in [-0.05, 0) is 108 Å². The van der Waals surface area contributed by atoms with E-state index in [9.17, 15) is 4.79 Å². The van der Waals surface area contributed by atoms with Crippen LogP contribution in [0.15, 0.2) is 54.6 Å². The number of hydrogen-bond donors (Lipinski definition) is 0. The summed E-state index contributed by atoms with van der Waals surface area (Å²) in [6.45, 7) is 4.50. The number of halogens is 2. The molecule has 4 nitrogen and oxygen atoms in total. The highest BCUT2D eigenvalue weighted by molar-refractivity contribution is 5.71. The van der Waals surface area contributed by atoms with Crippen molar-refractivity contribution in [3.05, 3.63) is 82.9 Å². The van der Waals surface area contributed by atoms with E-state index in [2.05, 4.69) is 13.8 Å². The molecule has 3 aromatic rings. The van der Waals surface area contributed by atoms with Crippen LogP contribution in [-0.4, -0.2) is 20.2 Å². The molecule has 2 aliphatic carbocycles. The number of rotatable bonds is 10. The molecule has 0 spiro atoms. The molecule has 212 valence electrons. The highest BCUT2D eigenvalue weighted by Gasteiger charge is 2.38. The SMILES string of the molecule is COC(=O)C[C@H](c1cccc(OCc2cc([C@H]3CCCC3(C)C)c(-c3cc(OC)ccc3F)cc2F)c1)C1CC1. The van der Waals surface area contributed by atoms with Gasteiger partial charge in [-0.15, -0.1) is 0 Å². The summed E-state index contributed by atoms with van der Waals surface area (Å²) in [6, 6.07) is 15.6.